The number of rotatable bonds is 2. The molecule has 1 saturated heterocycles. The van der Waals surface area contributed by atoms with Crippen LogP contribution in [0.1, 0.15) is 33.1 Å². The lowest BCUT2D eigenvalue weighted by atomic mass is 9.87. The van der Waals surface area contributed by atoms with Crippen LogP contribution < -0.4 is 5.32 Å². The number of hydrogen-bond acceptors (Lipinski definition) is 3. The van der Waals surface area contributed by atoms with E-state index < -0.39 is 0 Å². The van der Waals surface area contributed by atoms with Crippen molar-refractivity contribution in [3.63, 3.8) is 0 Å². The minimum atomic E-state index is -0.314. The first-order chi connectivity index (χ1) is 6.59. The van der Waals surface area contributed by atoms with Gasteiger partial charge in [0, 0.05) is 6.04 Å². The lowest BCUT2D eigenvalue weighted by Gasteiger charge is -2.31. The highest BCUT2D eigenvalue weighted by molar-refractivity contribution is 4.94. The molecule has 3 heteroatoms. The highest BCUT2D eigenvalue weighted by Gasteiger charge is 2.38. The maximum absolute atomic E-state index is 9.63. The first-order valence-corrected chi connectivity index (χ1v) is 5.61. The van der Waals surface area contributed by atoms with E-state index in [1.807, 2.05) is 0 Å². The number of hydrogen-bond donors (Lipinski definition) is 2. The summed E-state index contributed by atoms with van der Waals surface area (Å²) in [5.74, 6) is 0. The maximum Gasteiger partial charge on any atom is 0.0948 e. The molecule has 1 aliphatic carbocycles. The van der Waals surface area contributed by atoms with Gasteiger partial charge in [-0.2, -0.15) is 0 Å². The van der Waals surface area contributed by atoms with Crippen molar-refractivity contribution in [3.8, 4) is 0 Å². The van der Waals surface area contributed by atoms with Crippen LogP contribution in [0.2, 0.25) is 0 Å². The van der Waals surface area contributed by atoms with E-state index >= 15 is 0 Å². The molecule has 2 unspecified atom stereocenters. The van der Waals surface area contributed by atoms with Crippen LogP contribution in [0, 0.1) is 5.41 Å². The zero-order valence-electron chi connectivity index (χ0n) is 9.12. The van der Waals surface area contributed by atoms with Crippen LogP contribution in [-0.4, -0.2) is 36.5 Å². The Kier molecular flexibility index (Phi) is 2.82. The minimum Gasteiger partial charge on any atom is -0.389 e. The first kappa shape index (κ1) is 10.4. The number of nitrogens with one attached hydrogen (secondary N) is 1. The molecule has 3 atom stereocenters. The quantitative estimate of drug-likeness (QED) is 0.694. The molecule has 3 nitrogen and oxygen atoms in total. The fourth-order valence-corrected chi connectivity index (χ4v) is 2.60. The topological polar surface area (TPSA) is 41.5 Å². The van der Waals surface area contributed by atoms with Gasteiger partial charge in [-0.25, -0.2) is 0 Å². The Bertz CT molecular complexity index is 205. The van der Waals surface area contributed by atoms with Crippen molar-refractivity contribution in [1.82, 2.24) is 5.32 Å². The van der Waals surface area contributed by atoms with Crippen LogP contribution in [0.5, 0.6) is 0 Å². The van der Waals surface area contributed by atoms with Gasteiger partial charge in [-0.1, -0.05) is 20.3 Å². The van der Waals surface area contributed by atoms with E-state index in [1.165, 1.54) is 19.3 Å². The second kappa shape index (κ2) is 3.80. The van der Waals surface area contributed by atoms with E-state index in [9.17, 15) is 5.11 Å². The maximum atomic E-state index is 9.63. The van der Waals surface area contributed by atoms with Gasteiger partial charge in [0.25, 0.3) is 0 Å². The Morgan fingerprint density at radius 1 is 1.36 bits per heavy atom. The lowest BCUT2D eigenvalue weighted by molar-refractivity contribution is 0.118. The molecule has 2 rings (SSSR count). The zero-order chi connectivity index (χ0) is 10.2. The summed E-state index contributed by atoms with van der Waals surface area (Å²) in [5.41, 5.74) is 0.377. The average molecular weight is 199 g/mol. The predicted octanol–water partition coefficient (Wildman–Crippen LogP) is 0.914. The number of ether oxygens (including phenoxy) is 1. The van der Waals surface area contributed by atoms with Crippen molar-refractivity contribution < 1.29 is 9.84 Å². The van der Waals surface area contributed by atoms with Crippen LogP contribution in [0.3, 0.4) is 0 Å². The molecule has 1 saturated carbocycles. The summed E-state index contributed by atoms with van der Waals surface area (Å²) in [6, 6.07) is 0.696. The summed E-state index contributed by atoms with van der Waals surface area (Å²) in [6.45, 7) is 5.76. The highest BCUT2D eigenvalue weighted by Crippen LogP contribution is 2.37. The molecule has 1 aliphatic heterocycles. The fraction of sp³-hybridized carbons (Fsp3) is 1.00. The molecule has 14 heavy (non-hydrogen) atoms. The van der Waals surface area contributed by atoms with Crippen LogP contribution in [0.25, 0.3) is 0 Å². The molecule has 0 aromatic carbocycles. The molecule has 0 bridgehead atoms. The minimum absolute atomic E-state index is 0.150. The van der Waals surface area contributed by atoms with Gasteiger partial charge in [0.05, 0.1) is 25.4 Å². The van der Waals surface area contributed by atoms with Gasteiger partial charge in [-0.05, 0) is 18.3 Å². The molecule has 0 radical (unpaired) electrons. The molecule has 0 aromatic heterocycles. The normalized spacial score (nSPS) is 41.8. The van der Waals surface area contributed by atoms with Crippen molar-refractivity contribution in [3.05, 3.63) is 0 Å². The SMILES string of the molecule is CC1(C)CCCC1NC1COC[C@H]1O. The third kappa shape index (κ3) is 1.95. The molecule has 2 fully saturated rings. The van der Waals surface area contributed by atoms with E-state index in [-0.39, 0.29) is 12.1 Å². The van der Waals surface area contributed by atoms with Crippen molar-refractivity contribution in [2.24, 2.45) is 5.41 Å². The van der Waals surface area contributed by atoms with Gasteiger partial charge < -0.3 is 15.2 Å². The number of aliphatic hydroxyl groups excluding tert-OH is 1. The van der Waals surface area contributed by atoms with Gasteiger partial charge in [0.2, 0.25) is 0 Å². The average Bonchev–Trinajstić information content (AvgIpc) is 2.62. The van der Waals surface area contributed by atoms with Gasteiger partial charge in [0.1, 0.15) is 0 Å². The summed E-state index contributed by atoms with van der Waals surface area (Å²) in [5, 5.41) is 13.2. The van der Waals surface area contributed by atoms with Gasteiger partial charge in [-0.15, -0.1) is 0 Å². The zero-order valence-corrected chi connectivity index (χ0v) is 9.12. The van der Waals surface area contributed by atoms with Crippen molar-refractivity contribution in [2.75, 3.05) is 13.2 Å². The van der Waals surface area contributed by atoms with E-state index in [2.05, 4.69) is 19.2 Å². The molecule has 0 aromatic rings. The summed E-state index contributed by atoms with van der Waals surface area (Å²) in [7, 11) is 0. The summed E-state index contributed by atoms with van der Waals surface area (Å²) in [4.78, 5) is 0. The van der Waals surface area contributed by atoms with Crippen molar-refractivity contribution >= 4 is 0 Å². The Balaban J connectivity index is 1.90. The van der Waals surface area contributed by atoms with Crippen LogP contribution >= 0.6 is 0 Å². The Morgan fingerprint density at radius 3 is 2.64 bits per heavy atom. The van der Waals surface area contributed by atoms with Gasteiger partial charge >= 0.3 is 0 Å². The molecule has 2 aliphatic rings. The molecular formula is C11H21NO2. The first-order valence-electron chi connectivity index (χ1n) is 5.61. The predicted molar refractivity (Wildman–Crippen MR) is 55.2 cm³/mol. The monoisotopic (exact) mass is 199 g/mol. The van der Waals surface area contributed by atoms with E-state index in [0.29, 0.717) is 24.7 Å². The van der Waals surface area contributed by atoms with Crippen LogP contribution in [-0.2, 0) is 4.74 Å². The highest BCUT2D eigenvalue weighted by atomic mass is 16.5. The second-order valence-electron chi connectivity index (χ2n) is 5.31. The number of aliphatic hydroxyl groups is 1. The van der Waals surface area contributed by atoms with Crippen LogP contribution in [0.4, 0.5) is 0 Å². The Morgan fingerprint density at radius 2 is 2.14 bits per heavy atom. The lowest BCUT2D eigenvalue weighted by Crippen LogP contribution is -2.48. The Hall–Kier alpha value is -0.120. The van der Waals surface area contributed by atoms with E-state index in [4.69, 9.17) is 4.74 Å². The van der Waals surface area contributed by atoms with E-state index in [1.54, 1.807) is 0 Å². The van der Waals surface area contributed by atoms with Crippen LogP contribution in [0.15, 0.2) is 0 Å². The van der Waals surface area contributed by atoms with Crippen molar-refractivity contribution in [1.29, 1.82) is 0 Å². The molecular weight excluding hydrogens is 178 g/mol. The van der Waals surface area contributed by atoms with Crippen molar-refractivity contribution in [2.45, 2.75) is 51.3 Å². The molecule has 0 spiro atoms. The third-order valence-corrected chi connectivity index (χ3v) is 3.72. The molecule has 2 N–H and O–H groups in total. The largest absolute Gasteiger partial charge is 0.389 e. The van der Waals surface area contributed by atoms with Gasteiger partial charge in [0.15, 0.2) is 0 Å². The molecule has 82 valence electrons. The smallest absolute Gasteiger partial charge is 0.0948 e. The second-order valence-corrected chi connectivity index (χ2v) is 5.31. The van der Waals surface area contributed by atoms with E-state index in [0.717, 1.165) is 0 Å². The summed E-state index contributed by atoms with van der Waals surface area (Å²) >= 11 is 0. The Labute approximate surface area is 85.8 Å². The third-order valence-electron chi connectivity index (χ3n) is 3.72. The molecule has 0 amide bonds. The van der Waals surface area contributed by atoms with Gasteiger partial charge in [-0.3, -0.25) is 0 Å². The summed E-state index contributed by atoms with van der Waals surface area (Å²) < 4.78 is 5.24. The standard InChI is InChI=1S/C11H21NO2/c1-11(2)5-3-4-10(11)12-8-6-14-7-9(8)13/h8-10,12-13H,3-7H2,1-2H3/t8?,9-,10?/m1/s1. The summed E-state index contributed by atoms with van der Waals surface area (Å²) in [6.07, 6.45) is 3.50. The fourth-order valence-electron chi connectivity index (χ4n) is 2.60. The molecule has 1 heterocycles.